The zero-order valence-electron chi connectivity index (χ0n) is 42.0. The van der Waals surface area contributed by atoms with Crippen molar-refractivity contribution in [2.75, 3.05) is 13.2 Å². The Morgan fingerprint density at radius 3 is 1.02 bits per heavy atom. The standard InChI is InChI=1S/C58H100O6/c1-4-7-10-13-16-19-22-25-27-29-31-33-36-39-42-45-48-51-57(60)63-54-55(53-62-56(59)50-47-44-41-38-35-32-24-21-18-15-12-9-6-3)64-58(61)52-49-46-43-40-37-34-30-28-26-23-20-17-14-11-8-5-2/h9,12,15,18,21,24-25,27-28,30,32,35,55H,4-8,10-11,13-14,16-17,19-20,22-23,26,29,31,33-34,36-54H2,1-3H3/b12-9-,18-15-,24-21-,27-25-,30-28-,35-32-. The van der Waals surface area contributed by atoms with Crippen molar-refractivity contribution in [3.8, 4) is 0 Å². The van der Waals surface area contributed by atoms with E-state index in [1.165, 1.54) is 135 Å². The predicted octanol–water partition coefficient (Wildman–Crippen LogP) is 17.8. The lowest BCUT2D eigenvalue weighted by Gasteiger charge is -2.18. The minimum absolute atomic E-state index is 0.0935. The molecular weight excluding hydrogens is 793 g/mol. The van der Waals surface area contributed by atoms with Gasteiger partial charge in [0.25, 0.3) is 0 Å². The number of unbranched alkanes of at least 4 members (excludes halogenated alkanes) is 28. The molecule has 0 spiro atoms. The number of rotatable bonds is 48. The van der Waals surface area contributed by atoms with E-state index in [-0.39, 0.29) is 31.1 Å². The maximum Gasteiger partial charge on any atom is 0.306 e. The number of hydrogen-bond acceptors (Lipinski definition) is 6. The van der Waals surface area contributed by atoms with Gasteiger partial charge in [0.2, 0.25) is 0 Å². The molecule has 0 fully saturated rings. The molecule has 0 saturated carbocycles. The molecule has 0 aliphatic heterocycles. The smallest absolute Gasteiger partial charge is 0.306 e. The fraction of sp³-hybridized carbons (Fsp3) is 0.741. The van der Waals surface area contributed by atoms with Gasteiger partial charge in [0.1, 0.15) is 13.2 Å². The average Bonchev–Trinajstić information content (AvgIpc) is 3.29. The molecule has 1 unspecified atom stereocenters. The van der Waals surface area contributed by atoms with Crippen molar-refractivity contribution in [1.82, 2.24) is 0 Å². The van der Waals surface area contributed by atoms with Crippen LogP contribution >= 0.6 is 0 Å². The second-order valence-corrected chi connectivity index (χ2v) is 17.8. The van der Waals surface area contributed by atoms with Gasteiger partial charge >= 0.3 is 17.9 Å². The van der Waals surface area contributed by atoms with Gasteiger partial charge in [-0.15, -0.1) is 0 Å². The second-order valence-electron chi connectivity index (χ2n) is 17.8. The molecule has 368 valence electrons. The molecule has 6 nitrogen and oxygen atoms in total. The number of carbonyl (C=O) groups is 3. The molecule has 1 atom stereocenters. The third kappa shape index (κ3) is 49.9. The monoisotopic (exact) mass is 893 g/mol. The van der Waals surface area contributed by atoms with Crippen molar-refractivity contribution in [3.63, 3.8) is 0 Å². The number of carbonyl (C=O) groups excluding carboxylic acids is 3. The van der Waals surface area contributed by atoms with Crippen molar-refractivity contribution in [2.45, 2.75) is 264 Å². The molecule has 0 aromatic rings. The van der Waals surface area contributed by atoms with E-state index in [0.717, 1.165) is 83.5 Å². The minimum Gasteiger partial charge on any atom is -0.462 e. The summed E-state index contributed by atoms with van der Waals surface area (Å²) in [6.07, 6.45) is 66.0. The Morgan fingerprint density at radius 2 is 0.625 bits per heavy atom. The Kier molecular flexibility index (Phi) is 49.9. The highest BCUT2D eigenvalue weighted by atomic mass is 16.6. The summed E-state index contributed by atoms with van der Waals surface area (Å²) in [5, 5.41) is 0. The summed E-state index contributed by atoms with van der Waals surface area (Å²) in [5.41, 5.74) is 0. The molecule has 0 radical (unpaired) electrons. The Hall–Kier alpha value is -3.15. The molecule has 0 aromatic carbocycles. The lowest BCUT2D eigenvalue weighted by Crippen LogP contribution is -2.30. The van der Waals surface area contributed by atoms with E-state index in [9.17, 15) is 14.4 Å². The zero-order valence-corrected chi connectivity index (χ0v) is 42.0. The van der Waals surface area contributed by atoms with Crippen LogP contribution in [0, 0.1) is 0 Å². The van der Waals surface area contributed by atoms with Crippen LogP contribution in [0.2, 0.25) is 0 Å². The Morgan fingerprint density at radius 1 is 0.328 bits per heavy atom. The number of esters is 3. The third-order valence-corrected chi connectivity index (χ3v) is 11.5. The fourth-order valence-electron chi connectivity index (χ4n) is 7.44. The van der Waals surface area contributed by atoms with Gasteiger partial charge in [0.05, 0.1) is 0 Å². The molecule has 0 aliphatic carbocycles. The van der Waals surface area contributed by atoms with Crippen molar-refractivity contribution >= 4 is 17.9 Å². The van der Waals surface area contributed by atoms with Crippen molar-refractivity contribution in [2.24, 2.45) is 0 Å². The highest BCUT2D eigenvalue weighted by Crippen LogP contribution is 2.14. The number of hydrogen-bond donors (Lipinski definition) is 0. The van der Waals surface area contributed by atoms with Crippen LogP contribution in [0.1, 0.15) is 258 Å². The maximum absolute atomic E-state index is 12.8. The Balaban J connectivity index is 4.43. The molecule has 0 saturated heterocycles. The topological polar surface area (TPSA) is 78.9 Å². The van der Waals surface area contributed by atoms with Gasteiger partial charge in [-0.3, -0.25) is 14.4 Å². The molecule has 0 rings (SSSR count). The summed E-state index contributed by atoms with van der Waals surface area (Å²) in [6, 6.07) is 0. The molecule has 0 N–H and O–H groups in total. The van der Waals surface area contributed by atoms with Crippen LogP contribution in [0.5, 0.6) is 0 Å². The predicted molar refractivity (Wildman–Crippen MR) is 274 cm³/mol. The van der Waals surface area contributed by atoms with Gasteiger partial charge in [-0.1, -0.05) is 222 Å². The van der Waals surface area contributed by atoms with Crippen LogP contribution in [0.15, 0.2) is 72.9 Å². The van der Waals surface area contributed by atoms with Crippen LogP contribution in [0.3, 0.4) is 0 Å². The lowest BCUT2D eigenvalue weighted by atomic mass is 10.1. The first kappa shape index (κ1) is 60.9. The van der Waals surface area contributed by atoms with Gasteiger partial charge in [-0.25, -0.2) is 0 Å². The average molecular weight is 893 g/mol. The van der Waals surface area contributed by atoms with Crippen LogP contribution in [-0.2, 0) is 28.6 Å². The zero-order chi connectivity index (χ0) is 46.5. The van der Waals surface area contributed by atoms with Crippen LogP contribution in [-0.4, -0.2) is 37.2 Å². The first-order chi connectivity index (χ1) is 31.5. The summed E-state index contributed by atoms with van der Waals surface area (Å²) in [4.78, 5) is 38.0. The molecule has 6 heteroatoms. The number of ether oxygens (including phenoxy) is 3. The van der Waals surface area contributed by atoms with E-state index in [1.807, 2.05) is 30.4 Å². The molecule has 64 heavy (non-hydrogen) atoms. The van der Waals surface area contributed by atoms with Crippen molar-refractivity contribution in [1.29, 1.82) is 0 Å². The molecule has 0 bridgehead atoms. The van der Waals surface area contributed by atoms with Gasteiger partial charge in [-0.05, 0) is 89.9 Å². The van der Waals surface area contributed by atoms with E-state index < -0.39 is 6.10 Å². The van der Waals surface area contributed by atoms with E-state index in [2.05, 4.69) is 63.3 Å². The largest absolute Gasteiger partial charge is 0.462 e. The first-order valence-corrected chi connectivity index (χ1v) is 27.0. The molecule has 0 aliphatic rings. The molecule has 0 heterocycles. The summed E-state index contributed by atoms with van der Waals surface area (Å²) >= 11 is 0. The molecule has 0 amide bonds. The first-order valence-electron chi connectivity index (χ1n) is 27.0. The van der Waals surface area contributed by atoms with Gasteiger partial charge in [-0.2, -0.15) is 0 Å². The second kappa shape index (κ2) is 52.5. The van der Waals surface area contributed by atoms with Crippen LogP contribution in [0.25, 0.3) is 0 Å². The SMILES string of the molecule is CC\C=C/C=C\C=C/C=C\CCCCCC(=O)OCC(COC(=O)CCCCCCCCC/C=C\CCCCCCCC)OC(=O)CCCCCCC/C=C\CCCCCCCCC. The number of allylic oxidation sites excluding steroid dienone is 12. The lowest BCUT2D eigenvalue weighted by molar-refractivity contribution is -0.167. The minimum atomic E-state index is -0.797. The van der Waals surface area contributed by atoms with Crippen LogP contribution in [0.4, 0.5) is 0 Å². The Labute approximate surface area is 395 Å². The van der Waals surface area contributed by atoms with Gasteiger partial charge < -0.3 is 14.2 Å². The Bertz CT molecular complexity index is 1210. The van der Waals surface area contributed by atoms with Crippen molar-refractivity contribution in [3.05, 3.63) is 72.9 Å². The van der Waals surface area contributed by atoms with Gasteiger partial charge in [0, 0.05) is 19.3 Å². The van der Waals surface area contributed by atoms with E-state index in [4.69, 9.17) is 14.2 Å². The van der Waals surface area contributed by atoms with E-state index in [1.54, 1.807) is 0 Å². The summed E-state index contributed by atoms with van der Waals surface area (Å²) in [6.45, 7) is 6.46. The normalized spacial score (nSPS) is 12.6. The summed E-state index contributed by atoms with van der Waals surface area (Å²) in [7, 11) is 0. The fourth-order valence-corrected chi connectivity index (χ4v) is 7.44. The highest BCUT2D eigenvalue weighted by molar-refractivity contribution is 5.71. The van der Waals surface area contributed by atoms with Crippen LogP contribution < -0.4 is 0 Å². The molecular formula is C58H100O6. The highest BCUT2D eigenvalue weighted by Gasteiger charge is 2.19. The van der Waals surface area contributed by atoms with E-state index >= 15 is 0 Å². The quantitative estimate of drug-likeness (QED) is 0.0199. The van der Waals surface area contributed by atoms with E-state index in [0.29, 0.717) is 19.3 Å². The van der Waals surface area contributed by atoms with Gasteiger partial charge in [0.15, 0.2) is 6.10 Å². The third-order valence-electron chi connectivity index (χ3n) is 11.5. The van der Waals surface area contributed by atoms with Crippen molar-refractivity contribution < 1.29 is 28.6 Å². The molecule has 0 aromatic heterocycles. The maximum atomic E-state index is 12.8. The summed E-state index contributed by atoms with van der Waals surface area (Å²) < 4.78 is 16.8. The summed E-state index contributed by atoms with van der Waals surface area (Å²) in [5.74, 6) is -0.942.